The van der Waals surface area contributed by atoms with E-state index >= 15 is 0 Å². The summed E-state index contributed by atoms with van der Waals surface area (Å²) in [5, 5.41) is 3.43. The van der Waals surface area contributed by atoms with E-state index in [1.165, 1.54) is 41.3 Å². The van der Waals surface area contributed by atoms with Crippen molar-refractivity contribution in [3.63, 3.8) is 0 Å². The molecule has 0 bridgehead atoms. The monoisotopic (exact) mass is 672 g/mol. The minimum atomic E-state index is -3.96. The van der Waals surface area contributed by atoms with Crippen molar-refractivity contribution in [1.82, 2.24) is 15.2 Å². The maximum atomic E-state index is 13.9. The molecule has 2 amide bonds. The highest BCUT2D eigenvalue weighted by Gasteiger charge is 2.32. The number of hydrogen-bond donors (Lipinski definition) is 2. The van der Waals surface area contributed by atoms with Gasteiger partial charge in [0.25, 0.3) is 15.9 Å². The summed E-state index contributed by atoms with van der Waals surface area (Å²) in [6, 6.07) is 30.7. The summed E-state index contributed by atoms with van der Waals surface area (Å²) in [5.41, 5.74) is 2.20. The molecule has 0 saturated carbocycles. The van der Waals surface area contributed by atoms with Gasteiger partial charge in [0.1, 0.15) is 17.6 Å². The van der Waals surface area contributed by atoms with Crippen LogP contribution in [0.5, 0.6) is 5.75 Å². The minimum absolute atomic E-state index is 0.0569. The maximum Gasteiger partial charge on any atom is 0.261 e. The Morgan fingerprint density at radius 3 is 2.19 bits per heavy atom. The van der Waals surface area contributed by atoms with Crippen molar-refractivity contribution >= 4 is 39.1 Å². The molecule has 0 saturated heterocycles. The molecule has 1 atom stereocenters. The lowest BCUT2D eigenvalue weighted by Gasteiger charge is -2.31. The van der Waals surface area contributed by atoms with Crippen molar-refractivity contribution in [3.05, 3.63) is 155 Å². The number of nitrogens with one attached hydrogen (secondary N) is 2. The fourth-order valence-electron chi connectivity index (χ4n) is 4.67. The minimum Gasteiger partial charge on any atom is -0.484 e. The number of hydrogen-bond acceptors (Lipinski definition) is 6. The molecule has 5 rings (SSSR count). The highest BCUT2D eigenvalue weighted by Crippen LogP contribution is 2.26. The first kappa shape index (κ1) is 33.1. The van der Waals surface area contributed by atoms with Gasteiger partial charge < -0.3 is 15.0 Å². The Morgan fingerprint density at radius 1 is 0.851 bits per heavy atom. The third-order valence-corrected chi connectivity index (χ3v) is 8.67. The number of ether oxygens (including phenoxy) is 1. The summed E-state index contributed by atoms with van der Waals surface area (Å²) >= 11 is 6.10. The number of halogens is 2. The van der Waals surface area contributed by atoms with Gasteiger partial charge in [-0.1, -0.05) is 60.1 Å². The number of amides is 2. The molecule has 1 heterocycles. The zero-order chi connectivity index (χ0) is 33.2. The maximum absolute atomic E-state index is 13.9. The van der Waals surface area contributed by atoms with Gasteiger partial charge >= 0.3 is 0 Å². The molecule has 0 unspecified atom stereocenters. The van der Waals surface area contributed by atoms with E-state index in [4.69, 9.17) is 16.3 Å². The highest BCUT2D eigenvalue weighted by atomic mass is 35.5. The SMILES string of the molecule is O=C(NCc1ccccn1)[C@H](c1ccccc1)N(Cc1ccc(Cl)cc1)C(=O)COc1ccc(S(=O)(=O)Nc2ccc(F)cc2)cc1. The third kappa shape index (κ3) is 9.15. The van der Waals surface area contributed by atoms with Crippen LogP contribution in [-0.4, -0.2) is 36.7 Å². The molecule has 0 fully saturated rings. The number of rotatable bonds is 13. The molecule has 0 radical (unpaired) electrons. The van der Waals surface area contributed by atoms with Gasteiger partial charge in [0, 0.05) is 23.5 Å². The molecule has 5 aromatic rings. The smallest absolute Gasteiger partial charge is 0.261 e. The van der Waals surface area contributed by atoms with E-state index in [0.717, 1.165) is 17.7 Å². The quantitative estimate of drug-likeness (QED) is 0.155. The van der Waals surface area contributed by atoms with Gasteiger partial charge in [-0.3, -0.25) is 19.3 Å². The Bertz CT molecular complexity index is 1900. The van der Waals surface area contributed by atoms with E-state index in [2.05, 4.69) is 15.0 Å². The Hall–Kier alpha value is -5.26. The van der Waals surface area contributed by atoms with Crippen molar-refractivity contribution in [1.29, 1.82) is 0 Å². The van der Waals surface area contributed by atoms with Gasteiger partial charge in [0.15, 0.2) is 6.61 Å². The number of sulfonamides is 1. The van der Waals surface area contributed by atoms with Gasteiger partial charge in [-0.25, -0.2) is 12.8 Å². The lowest BCUT2D eigenvalue weighted by Crippen LogP contribution is -2.45. The normalized spacial score (nSPS) is 11.7. The van der Waals surface area contributed by atoms with Crippen LogP contribution in [0.4, 0.5) is 10.1 Å². The van der Waals surface area contributed by atoms with E-state index in [1.54, 1.807) is 66.9 Å². The van der Waals surface area contributed by atoms with Crippen LogP contribution in [0.3, 0.4) is 0 Å². The zero-order valence-corrected chi connectivity index (χ0v) is 26.5. The van der Waals surface area contributed by atoms with Crippen molar-refractivity contribution in [2.45, 2.75) is 24.0 Å². The summed E-state index contributed by atoms with van der Waals surface area (Å²) in [6.07, 6.45) is 1.63. The molecule has 4 aromatic carbocycles. The van der Waals surface area contributed by atoms with Gasteiger partial charge in [0.2, 0.25) is 5.91 Å². The van der Waals surface area contributed by atoms with Crippen LogP contribution in [0.2, 0.25) is 5.02 Å². The summed E-state index contributed by atoms with van der Waals surface area (Å²) in [7, 11) is -3.96. The summed E-state index contributed by atoms with van der Waals surface area (Å²) < 4.78 is 47.0. The third-order valence-electron chi connectivity index (χ3n) is 7.02. The summed E-state index contributed by atoms with van der Waals surface area (Å²) in [4.78, 5) is 33.3. The average Bonchev–Trinajstić information content (AvgIpc) is 3.09. The van der Waals surface area contributed by atoms with Crippen LogP contribution < -0.4 is 14.8 Å². The molecule has 47 heavy (non-hydrogen) atoms. The predicted molar refractivity (Wildman–Crippen MR) is 176 cm³/mol. The fraction of sp³-hybridized carbons (Fsp3) is 0.114. The largest absolute Gasteiger partial charge is 0.484 e. The topological polar surface area (TPSA) is 118 Å². The number of carbonyl (C=O) groups is 2. The molecular formula is C35H30ClFN4O5S. The van der Waals surface area contributed by atoms with Crippen molar-refractivity contribution < 1.29 is 27.1 Å². The second kappa shape index (κ2) is 15.4. The number of anilines is 1. The van der Waals surface area contributed by atoms with E-state index in [9.17, 15) is 22.4 Å². The molecule has 0 spiro atoms. The Labute approximate surface area is 277 Å². The Balaban J connectivity index is 1.35. The van der Waals surface area contributed by atoms with Gasteiger partial charge in [-0.05, 0) is 83.9 Å². The first-order valence-electron chi connectivity index (χ1n) is 14.5. The molecule has 0 aliphatic carbocycles. The lowest BCUT2D eigenvalue weighted by molar-refractivity contribution is -0.143. The standard InChI is InChI=1S/C35H30ClFN4O5S/c36-27-11-9-25(10-12-27)23-41(34(26-6-2-1-3-7-26)35(43)39-22-30-8-4-5-21-38-30)33(42)24-46-31-17-19-32(20-18-31)47(44,45)40-29-15-13-28(37)14-16-29/h1-21,34,40H,22-24H2,(H,39,43)/t34-/m0/s1. The average molecular weight is 673 g/mol. The van der Waals surface area contributed by atoms with Gasteiger partial charge in [-0.2, -0.15) is 0 Å². The zero-order valence-electron chi connectivity index (χ0n) is 24.9. The highest BCUT2D eigenvalue weighted by molar-refractivity contribution is 7.92. The second-order valence-corrected chi connectivity index (χ2v) is 12.5. The molecule has 2 N–H and O–H groups in total. The molecule has 0 aliphatic rings. The van der Waals surface area contributed by atoms with Crippen molar-refractivity contribution in [2.24, 2.45) is 0 Å². The number of benzene rings is 4. The summed E-state index contributed by atoms with van der Waals surface area (Å²) in [6.45, 7) is -0.208. The van der Waals surface area contributed by atoms with Crippen LogP contribution in [0.15, 0.2) is 132 Å². The number of carbonyl (C=O) groups excluding carboxylic acids is 2. The van der Waals surface area contributed by atoms with Crippen LogP contribution in [0.25, 0.3) is 0 Å². The molecule has 0 aliphatic heterocycles. The first-order valence-corrected chi connectivity index (χ1v) is 16.3. The Kier molecular flexibility index (Phi) is 10.8. The van der Waals surface area contributed by atoms with Crippen molar-refractivity contribution in [3.8, 4) is 5.75 Å². The number of pyridine rings is 1. The molecule has 240 valence electrons. The van der Waals surface area contributed by atoms with Crippen molar-refractivity contribution in [2.75, 3.05) is 11.3 Å². The van der Waals surface area contributed by atoms with Crippen LogP contribution in [-0.2, 0) is 32.7 Å². The van der Waals surface area contributed by atoms with E-state index < -0.39 is 40.3 Å². The van der Waals surface area contributed by atoms with E-state index in [0.29, 0.717) is 16.3 Å². The van der Waals surface area contributed by atoms with E-state index in [-0.39, 0.29) is 29.4 Å². The summed E-state index contributed by atoms with van der Waals surface area (Å²) in [5.74, 6) is -1.15. The van der Waals surface area contributed by atoms with E-state index in [1.807, 2.05) is 12.1 Å². The van der Waals surface area contributed by atoms with Gasteiger partial charge in [-0.15, -0.1) is 0 Å². The van der Waals surface area contributed by atoms with Crippen LogP contribution in [0, 0.1) is 5.82 Å². The number of nitrogens with zero attached hydrogens (tertiary/aromatic N) is 2. The Morgan fingerprint density at radius 2 is 1.53 bits per heavy atom. The second-order valence-electron chi connectivity index (χ2n) is 10.4. The number of aromatic nitrogens is 1. The molecule has 9 nitrogen and oxygen atoms in total. The van der Waals surface area contributed by atoms with Crippen LogP contribution in [0.1, 0.15) is 22.9 Å². The predicted octanol–water partition coefficient (Wildman–Crippen LogP) is 6.14. The molecule has 1 aromatic heterocycles. The lowest BCUT2D eigenvalue weighted by atomic mass is 10.0. The van der Waals surface area contributed by atoms with Crippen LogP contribution >= 0.6 is 11.6 Å². The molecule has 12 heteroatoms. The molecular weight excluding hydrogens is 643 g/mol. The first-order chi connectivity index (χ1) is 22.7. The van der Waals surface area contributed by atoms with Gasteiger partial charge in [0.05, 0.1) is 17.1 Å². The fourth-order valence-corrected chi connectivity index (χ4v) is 5.85.